The van der Waals surface area contributed by atoms with Gasteiger partial charge in [-0.3, -0.25) is 0 Å². The first-order chi connectivity index (χ1) is 10.1. The largest absolute Gasteiger partial charge is 0.382 e. The van der Waals surface area contributed by atoms with Gasteiger partial charge in [0.05, 0.1) is 0 Å². The highest BCUT2D eigenvalue weighted by Crippen LogP contribution is 2.22. The third-order valence-electron chi connectivity index (χ3n) is 3.66. The lowest BCUT2D eigenvalue weighted by atomic mass is 9.97. The predicted octanol–water partition coefficient (Wildman–Crippen LogP) is 4.92. The van der Waals surface area contributed by atoms with E-state index in [4.69, 9.17) is 0 Å². The van der Waals surface area contributed by atoms with Crippen molar-refractivity contribution >= 4 is 0 Å². The highest BCUT2D eigenvalue weighted by atomic mass is 14.9. The third kappa shape index (κ3) is 5.52. The Morgan fingerprint density at radius 3 is 2.86 bits per heavy atom. The Hall–Kier alpha value is -1.94. The van der Waals surface area contributed by atoms with Gasteiger partial charge in [0, 0.05) is 23.7 Å². The zero-order valence-electron chi connectivity index (χ0n) is 13.6. The molecule has 0 spiro atoms. The van der Waals surface area contributed by atoms with Crippen molar-refractivity contribution in [2.24, 2.45) is 5.92 Å². The molecule has 1 atom stereocenters. The van der Waals surface area contributed by atoms with Crippen LogP contribution in [-0.2, 0) is 0 Å². The monoisotopic (exact) mass is 281 g/mol. The van der Waals surface area contributed by atoms with Crippen molar-refractivity contribution in [3.8, 4) is 11.8 Å². The minimum absolute atomic E-state index is 0.441. The van der Waals surface area contributed by atoms with Crippen molar-refractivity contribution in [3.05, 3.63) is 60.4 Å². The van der Waals surface area contributed by atoms with Gasteiger partial charge in [-0.1, -0.05) is 64.0 Å². The lowest BCUT2D eigenvalue weighted by molar-refractivity contribution is 0.421. The molecule has 1 aliphatic carbocycles. The maximum absolute atomic E-state index is 4.25. The standard InChI is InChI=1S/C20H27N/c1-6-8-15-19(18-13-11-9-10-12-14-18)17(5)21-20(7-2)16(3)4/h6,8,11,13,15-16,20-21H,1,5,7,12,14H2,2-4H3/b15-8-,19-18+. The van der Waals surface area contributed by atoms with Gasteiger partial charge in [-0.05, 0) is 36.5 Å². The van der Waals surface area contributed by atoms with Crippen molar-refractivity contribution in [3.63, 3.8) is 0 Å². The van der Waals surface area contributed by atoms with Gasteiger partial charge in [-0.25, -0.2) is 0 Å². The van der Waals surface area contributed by atoms with Gasteiger partial charge in [0.2, 0.25) is 0 Å². The Kier molecular flexibility index (Phi) is 7.40. The van der Waals surface area contributed by atoms with Gasteiger partial charge in [0.1, 0.15) is 0 Å². The summed E-state index contributed by atoms with van der Waals surface area (Å²) in [5.41, 5.74) is 3.40. The maximum atomic E-state index is 4.25. The lowest BCUT2D eigenvalue weighted by Gasteiger charge is -2.24. The Balaban J connectivity index is 3.03. The molecular formula is C20H27N. The summed E-state index contributed by atoms with van der Waals surface area (Å²) in [7, 11) is 0. The summed E-state index contributed by atoms with van der Waals surface area (Å²) in [4.78, 5) is 0. The molecule has 0 fully saturated rings. The molecule has 0 saturated carbocycles. The molecule has 0 saturated heterocycles. The van der Waals surface area contributed by atoms with E-state index in [-0.39, 0.29) is 0 Å². The van der Waals surface area contributed by atoms with Crippen LogP contribution in [0.3, 0.4) is 0 Å². The Labute approximate surface area is 130 Å². The number of hydrogen-bond donors (Lipinski definition) is 1. The summed E-state index contributed by atoms with van der Waals surface area (Å²) in [6.45, 7) is 14.7. The normalized spacial score (nSPS) is 17.9. The fraction of sp³-hybridized carbons (Fsp3) is 0.400. The second-order valence-corrected chi connectivity index (χ2v) is 5.57. The Morgan fingerprint density at radius 1 is 1.48 bits per heavy atom. The van der Waals surface area contributed by atoms with Gasteiger partial charge in [0.25, 0.3) is 0 Å². The zero-order valence-corrected chi connectivity index (χ0v) is 13.6. The lowest BCUT2D eigenvalue weighted by Crippen LogP contribution is -2.32. The average molecular weight is 281 g/mol. The van der Waals surface area contributed by atoms with E-state index in [1.54, 1.807) is 6.08 Å². The number of hydrogen-bond acceptors (Lipinski definition) is 1. The predicted molar refractivity (Wildman–Crippen MR) is 93.7 cm³/mol. The van der Waals surface area contributed by atoms with Gasteiger partial charge in [-0.2, -0.15) is 0 Å². The minimum Gasteiger partial charge on any atom is -0.382 e. The van der Waals surface area contributed by atoms with Gasteiger partial charge >= 0.3 is 0 Å². The zero-order chi connectivity index (χ0) is 15.7. The molecule has 1 aliphatic rings. The van der Waals surface area contributed by atoms with Crippen LogP contribution >= 0.6 is 0 Å². The third-order valence-corrected chi connectivity index (χ3v) is 3.66. The van der Waals surface area contributed by atoms with E-state index in [9.17, 15) is 0 Å². The molecule has 1 heteroatoms. The second kappa shape index (κ2) is 9.08. The van der Waals surface area contributed by atoms with Crippen LogP contribution in [0.15, 0.2) is 60.4 Å². The molecule has 0 aromatic carbocycles. The fourth-order valence-electron chi connectivity index (χ4n) is 2.39. The molecule has 0 amide bonds. The van der Waals surface area contributed by atoms with Crippen LogP contribution in [0.4, 0.5) is 0 Å². The summed E-state index contributed by atoms with van der Waals surface area (Å²) in [5, 5.41) is 3.58. The summed E-state index contributed by atoms with van der Waals surface area (Å²) < 4.78 is 0. The Morgan fingerprint density at radius 2 is 2.24 bits per heavy atom. The smallest absolute Gasteiger partial charge is 0.0345 e. The van der Waals surface area contributed by atoms with Crippen molar-refractivity contribution in [2.75, 3.05) is 0 Å². The molecule has 0 aromatic heterocycles. The molecule has 1 unspecified atom stereocenters. The molecule has 0 aromatic rings. The average Bonchev–Trinajstić information content (AvgIpc) is 2.74. The quantitative estimate of drug-likeness (QED) is 0.516. The second-order valence-electron chi connectivity index (χ2n) is 5.57. The van der Waals surface area contributed by atoms with Gasteiger partial charge in [0.15, 0.2) is 0 Å². The van der Waals surface area contributed by atoms with Gasteiger partial charge in [-0.15, -0.1) is 0 Å². The van der Waals surface area contributed by atoms with Gasteiger partial charge < -0.3 is 5.32 Å². The molecule has 1 nitrogen and oxygen atoms in total. The van der Waals surface area contributed by atoms with E-state index < -0.39 is 0 Å². The van der Waals surface area contributed by atoms with Crippen LogP contribution in [0.25, 0.3) is 0 Å². The fourth-order valence-corrected chi connectivity index (χ4v) is 2.39. The summed E-state index contributed by atoms with van der Waals surface area (Å²) >= 11 is 0. The summed E-state index contributed by atoms with van der Waals surface area (Å²) in [6, 6.07) is 0.441. The maximum Gasteiger partial charge on any atom is 0.0345 e. The molecule has 1 N–H and O–H groups in total. The van der Waals surface area contributed by atoms with Crippen LogP contribution in [0.2, 0.25) is 0 Å². The van der Waals surface area contributed by atoms with Crippen LogP contribution in [0, 0.1) is 17.8 Å². The molecule has 0 bridgehead atoms. The van der Waals surface area contributed by atoms with Crippen LogP contribution < -0.4 is 5.32 Å². The molecule has 0 radical (unpaired) electrons. The first kappa shape index (κ1) is 17.1. The van der Waals surface area contributed by atoms with E-state index in [0.717, 1.165) is 30.5 Å². The molecular weight excluding hydrogens is 254 g/mol. The van der Waals surface area contributed by atoms with Crippen molar-refractivity contribution in [1.82, 2.24) is 5.32 Å². The number of allylic oxidation sites excluding steroid dienone is 6. The van der Waals surface area contributed by atoms with E-state index in [0.29, 0.717) is 12.0 Å². The SMILES string of the molecule is C=C/C=C\C(C(=C)NC(CC)C(C)C)=C1\C=CC#CCC1. The molecule has 0 heterocycles. The van der Waals surface area contributed by atoms with Crippen molar-refractivity contribution in [2.45, 2.75) is 46.1 Å². The van der Waals surface area contributed by atoms with E-state index in [1.807, 2.05) is 12.2 Å². The van der Waals surface area contributed by atoms with Crippen LogP contribution in [0.5, 0.6) is 0 Å². The van der Waals surface area contributed by atoms with E-state index >= 15 is 0 Å². The van der Waals surface area contributed by atoms with Crippen LogP contribution in [-0.4, -0.2) is 6.04 Å². The first-order valence-electron chi connectivity index (χ1n) is 7.73. The highest BCUT2D eigenvalue weighted by Gasteiger charge is 2.14. The van der Waals surface area contributed by atoms with Crippen molar-refractivity contribution in [1.29, 1.82) is 0 Å². The first-order valence-corrected chi connectivity index (χ1v) is 7.73. The molecule has 0 aliphatic heterocycles. The molecule has 1 rings (SSSR count). The van der Waals surface area contributed by atoms with E-state index in [2.05, 4.69) is 63.2 Å². The van der Waals surface area contributed by atoms with E-state index in [1.165, 1.54) is 5.57 Å². The topological polar surface area (TPSA) is 12.0 Å². The number of rotatable bonds is 7. The summed E-state index contributed by atoms with van der Waals surface area (Å²) in [6.07, 6.45) is 12.8. The molecule has 112 valence electrons. The van der Waals surface area contributed by atoms with Crippen LogP contribution in [0.1, 0.15) is 40.0 Å². The number of nitrogens with one attached hydrogen (secondary N) is 1. The molecule has 21 heavy (non-hydrogen) atoms. The Bertz CT molecular complexity index is 518. The van der Waals surface area contributed by atoms with Crippen molar-refractivity contribution < 1.29 is 0 Å². The minimum atomic E-state index is 0.441. The summed E-state index contributed by atoms with van der Waals surface area (Å²) in [5.74, 6) is 6.75. The highest BCUT2D eigenvalue weighted by molar-refractivity contribution is 5.48.